The summed E-state index contributed by atoms with van der Waals surface area (Å²) >= 11 is 1.51. The van der Waals surface area contributed by atoms with Gasteiger partial charge in [0.15, 0.2) is 16.6 Å². The average Bonchev–Trinajstić information content (AvgIpc) is 3.45. The van der Waals surface area contributed by atoms with E-state index in [9.17, 15) is 4.79 Å². The molecule has 0 fully saturated rings. The van der Waals surface area contributed by atoms with Crippen LogP contribution in [0.2, 0.25) is 0 Å². The van der Waals surface area contributed by atoms with Crippen LogP contribution in [0.15, 0.2) is 54.6 Å². The first kappa shape index (κ1) is 23.3. The fourth-order valence-electron chi connectivity index (χ4n) is 4.04. The number of carbonyl (C=O) groups excluding carboxylic acids is 1. The molecule has 6 nitrogen and oxygen atoms in total. The number of benzene rings is 3. The van der Waals surface area contributed by atoms with Gasteiger partial charge >= 0.3 is 0 Å². The first-order chi connectivity index (χ1) is 15.7. The second-order valence-electron chi connectivity index (χ2n) is 7.68. The van der Waals surface area contributed by atoms with E-state index in [1.807, 2.05) is 59.5 Å². The van der Waals surface area contributed by atoms with Crippen LogP contribution in [-0.2, 0) is 0 Å². The summed E-state index contributed by atoms with van der Waals surface area (Å²) in [6, 6.07) is 17.7. The number of ether oxygens (including phenoxy) is 2. The number of hydrogen-bond donors (Lipinski definition) is 0. The number of nitrogens with zero attached hydrogens (tertiary/aromatic N) is 3. The van der Waals surface area contributed by atoms with E-state index in [2.05, 4.69) is 18.7 Å². The highest BCUT2D eigenvalue weighted by molar-refractivity contribution is 7.22. The zero-order valence-electron chi connectivity index (χ0n) is 18.6. The van der Waals surface area contributed by atoms with Crippen LogP contribution in [0.1, 0.15) is 24.2 Å². The molecule has 1 aliphatic heterocycles. The van der Waals surface area contributed by atoms with Gasteiger partial charge in [-0.3, -0.25) is 9.69 Å². The lowest BCUT2D eigenvalue weighted by atomic mass is 10.0. The lowest BCUT2D eigenvalue weighted by Gasteiger charge is -2.25. The molecule has 5 rings (SSSR count). The van der Waals surface area contributed by atoms with Crippen molar-refractivity contribution in [1.29, 1.82) is 0 Å². The molecule has 0 saturated carbocycles. The summed E-state index contributed by atoms with van der Waals surface area (Å²) in [5.74, 6) is 1.39. The summed E-state index contributed by atoms with van der Waals surface area (Å²) in [5, 5.41) is 2.69. The number of anilines is 1. The highest BCUT2D eigenvalue weighted by Crippen LogP contribution is 2.40. The molecule has 0 radical (unpaired) electrons. The highest BCUT2D eigenvalue weighted by Gasteiger charge is 2.24. The molecule has 172 valence electrons. The van der Waals surface area contributed by atoms with Crippen LogP contribution >= 0.6 is 23.7 Å². The number of aromatic nitrogens is 1. The molecule has 0 bridgehead atoms. The Morgan fingerprint density at radius 1 is 1.00 bits per heavy atom. The predicted molar refractivity (Wildman–Crippen MR) is 136 cm³/mol. The molecule has 0 N–H and O–H groups in total. The molecule has 1 aliphatic rings. The summed E-state index contributed by atoms with van der Waals surface area (Å²) < 4.78 is 12.0. The lowest BCUT2D eigenvalue weighted by molar-refractivity contribution is 0.0985. The Morgan fingerprint density at radius 3 is 2.52 bits per heavy atom. The minimum Gasteiger partial charge on any atom is -0.454 e. The van der Waals surface area contributed by atoms with E-state index in [0.717, 1.165) is 46.4 Å². The molecule has 1 amide bonds. The zero-order valence-corrected chi connectivity index (χ0v) is 20.2. The summed E-state index contributed by atoms with van der Waals surface area (Å²) in [5.41, 5.74) is 1.50. The zero-order chi connectivity index (χ0) is 22.1. The van der Waals surface area contributed by atoms with Crippen molar-refractivity contribution in [1.82, 2.24) is 9.88 Å². The van der Waals surface area contributed by atoms with Crippen LogP contribution in [0.4, 0.5) is 5.13 Å². The maximum absolute atomic E-state index is 13.9. The number of rotatable bonds is 7. The summed E-state index contributed by atoms with van der Waals surface area (Å²) in [4.78, 5) is 22.8. The minimum atomic E-state index is -0.0342. The largest absolute Gasteiger partial charge is 0.454 e. The third-order valence-electron chi connectivity index (χ3n) is 5.90. The summed E-state index contributed by atoms with van der Waals surface area (Å²) in [7, 11) is 0. The predicted octanol–water partition coefficient (Wildman–Crippen LogP) is 5.59. The van der Waals surface area contributed by atoms with E-state index in [1.165, 1.54) is 11.3 Å². The van der Waals surface area contributed by atoms with E-state index >= 15 is 0 Å². The van der Waals surface area contributed by atoms with E-state index in [-0.39, 0.29) is 25.1 Å². The van der Waals surface area contributed by atoms with Gasteiger partial charge in [-0.15, -0.1) is 12.4 Å². The summed E-state index contributed by atoms with van der Waals surface area (Å²) in [6.07, 6.45) is 0. The van der Waals surface area contributed by atoms with Crippen molar-refractivity contribution in [2.45, 2.75) is 13.8 Å². The Balaban J connectivity index is 0.00000259. The number of fused-ring (bicyclic) bond motifs is 3. The monoisotopic (exact) mass is 483 g/mol. The highest BCUT2D eigenvalue weighted by atomic mass is 35.5. The second-order valence-corrected chi connectivity index (χ2v) is 8.69. The molecular weight excluding hydrogens is 458 g/mol. The van der Waals surface area contributed by atoms with Gasteiger partial charge in [0.2, 0.25) is 6.79 Å². The third-order valence-corrected chi connectivity index (χ3v) is 6.94. The molecule has 3 aromatic carbocycles. The minimum absolute atomic E-state index is 0. The Bertz CT molecular complexity index is 1240. The van der Waals surface area contributed by atoms with Crippen LogP contribution < -0.4 is 14.4 Å². The van der Waals surface area contributed by atoms with Crippen molar-refractivity contribution in [3.05, 3.63) is 60.2 Å². The Morgan fingerprint density at radius 2 is 1.73 bits per heavy atom. The van der Waals surface area contributed by atoms with Crippen molar-refractivity contribution in [3.8, 4) is 11.5 Å². The second kappa shape index (κ2) is 9.95. The fraction of sp³-hybridized carbons (Fsp3) is 0.280. The molecule has 4 aromatic rings. The number of thiazole rings is 1. The molecule has 0 atom stereocenters. The Labute approximate surface area is 203 Å². The van der Waals surface area contributed by atoms with Gasteiger partial charge in [0.1, 0.15) is 0 Å². The van der Waals surface area contributed by atoms with Crippen molar-refractivity contribution in [2.75, 3.05) is 37.9 Å². The van der Waals surface area contributed by atoms with Crippen LogP contribution in [0, 0.1) is 0 Å². The third kappa shape index (κ3) is 4.49. The molecule has 0 aliphatic carbocycles. The molecule has 2 heterocycles. The van der Waals surface area contributed by atoms with Gasteiger partial charge in [0.05, 0.1) is 10.2 Å². The van der Waals surface area contributed by atoms with Gasteiger partial charge in [-0.25, -0.2) is 4.98 Å². The van der Waals surface area contributed by atoms with Crippen molar-refractivity contribution in [2.24, 2.45) is 0 Å². The van der Waals surface area contributed by atoms with Gasteiger partial charge in [-0.2, -0.15) is 0 Å². The molecule has 8 heteroatoms. The lowest BCUT2D eigenvalue weighted by Crippen LogP contribution is -2.39. The SMILES string of the molecule is CCN(CC)CCN(C(=O)c1cccc2ccccc12)c1nc2cc3c(cc2s1)OCO3.Cl. The van der Waals surface area contributed by atoms with Gasteiger partial charge in [0.25, 0.3) is 5.91 Å². The van der Waals surface area contributed by atoms with Crippen LogP contribution in [0.25, 0.3) is 21.0 Å². The van der Waals surface area contributed by atoms with Crippen LogP contribution in [-0.4, -0.2) is 48.8 Å². The number of halogens is 1. The normalized spacial score (nSPS) is 12.3. The van der Waals surface area contributed by atoms with Crippen molar-refractivity contribution < 1.29 is 14.3 Å². The van der Waals surface area contributed by atoms with Crippen molar-refractivity contribution >= 4 is 55.8 Å². The molecule has 33 heavy (non-hydrogen) atoms. The smallest absolute Gasteiger partial charge is 0.260 e. The number of hydrogen-bond acceptors (Lipinski definition) is 6. The number of carbonyl (C=O) groups is 1. The maximum atomic E-state index is 13.9. The van der Waals surface area contributed by atoms with Gasteiger partial charge in [0, 0.05) is 30.8 Å². The van der Waals surface area contributed by atoms with Crippen LogP contribution in [0.5, 0.6) is 11.5 Å². The van der Waals surface area contributed by atoms with E-state index in [4.69, 9.17) is 14.5 Å². The van der Waals surface area contributed by atoms with E-state index < -0.39 is 0 Å². The first-order valence-electron chi connectivity index (χ1n) is 10.9. The van der Waals surface area contributed by atoms with Gasteiger partial charge in [-0.05, 0) is 29.9 Å². The number of amides is 1. The molecule has 0 saturated heterocycles. The summed E-state index contributed by atoms with van der Waals surface area (Å²) in [6.45, 7) is 7.73. The molecular formula is C25H26ClN3O3S. The van der Waals surface area contributed by atoms with E-state index in [0.29, 0.717) is 23.0 Å². The fourth-order valence-corrected chi connectivity index (χ4v) is 5.04. The number of likely N-dealkylation sites (N-methyl/N-ethyl adjacent to an activating group) is 1. The van der Waals surface area contributed by atoms with Crippen LogP contribution in [0.3, 0.4) is 0 Å². The quantitative estimate of drug-likeness (QED) is 0.343. The standard InChI is InChI=1S/C25H25N3O3S.ClH/c1-3-27(4-2)12-13-28(24(29)19-11-7-9-17-8-5-6-10-18(17)19)25-26-20-14-21-22(31-16-30-21)15-23(20)32-25;/h5-11,14-15H,3-4,12-13,16H2,1-2H3;1H. The molecule has 0 spiro atoms. The topological polar surface area (TPSA) is 54.9 Å². The van der Waals surface area contributed by atoms with Gasteiger partial charge in [-0.1, -0.05) is 61.6 Å². The Kier molecular flexibility index (Phi) is 7.02. The average molecular weight is 484 g/mol. The first-order valence-corrected chi connectivity index (χ1v) is 11.7. The van der Waals surface area contributed by atoms with E-state index in [1.54, 1.807) is 0 Å². The van der Waals surface area contributed by atoms with Gasteiger partial charge < -0.3 is 14.4 Å². The maximum Gasteiger partial charge on any atom is 0.260 e. The van der Waals surface area contributed by atoms with Crippen molar-refractivity contribution in [3.63, 3.8) is 0 Å². The molecule has 0 unspecified atom stereocenters. The Hall–Kier alpha value is -2.87. The molecule has 1 aromatic heterocycles.